The van der Waals surface area contributed by atoms with Gasteiger partial charge in [-0.1, -0.05) is 6.92 Å². The van der Waals surface area contributed by atoms with Gasteiger partial charge in [-0.2, -0.15) is 0 Å². The minimum absolute atomic E-state index is 0.00797. The van der Waals surface area contributed by atoms with E-state index in [4.69, 9.17) is 14.2 Å². The molecule has 0 aromatic rings. The van der Waals surface area contributed by atoms with Crippen LogP contribution >= 0.6 is 0 Å². The Kier molecular flexibility index (Phi) is 4.34. The smallest absolute Gasteiger partial charge is 0.331 e. The largest absolute Gasteiger partial charge is 0.462 e. The van der Waals surface area contributed by atoms with Gasteiger partial charge < -0.3 is 24.4 Å². The topological polar surface area (TPSA) is 102 Å². The lowest BCUT2D eigenvalue weighted by atomic mass is 9.42. The van der Waals surface area contributed by atoms with E-state index >= 15 is 0 Å². The molecular formula is C25H34O7. The number of hydrogen-bond donors (Lipinski definition) is 2. The van der Waals surface area contributed by atoms with E-state index < -0.39 is 22.9 Å². The molecule has 1 spiro atoms. The highest BCUT2D eigenvalue weighted by molar-refractivity contribution is 5.85. The molecule has 7 nitrogen and oxygen atoms in total. The maximum Gasteiger partial charge on any atom is 0.331 e. The second kappa shape index (κ2) is 6.57. The third-order valence-corrected chi connectivity index (χ3v) is 10.6. The van der Waals surface area contributed by atoms with Gasteiger partial charge in [0.25, 0.3) is 0 Å². The van der Waals surface area contributed by atoms with E-state index in [2.05, 4.69) is 6.92 Å². The molecule has 0 radical (unpaired) electrons. The molecular weight excluding hydrogens is 412 g/mol. The normalized spacial score (nSPS) is 53.7. The van der Waals surface area contributed by atoms with Crippen LogP contribution in [0, 0.1) is 28.6 Å². The predicted octanol–water partition coefficient (Wildman–Crippen LogP) is 2.63. The van der Waals surface area contributed by atoms with E-state index in [-0.39, 0.29) is 35.3 Å². The number of fused-ring (bicyclic) bond motifs is 1. The van der Waals surface area contributed by atoms with Gasteiger partial charge in [0.1, 0.15) is 12.7 Å². The van der Waals surface area contributed by atoms with Gasteiger partial charge >= 0.3 is 11.9 Å². The fraction of sp³-hybridized carbons (Fsp3) is 0.840. The molecule has 6 rings (SSSR count). The lowest BCUT2D eigenvalue weighted by Gasteiger charge is -2.63. The molecule has 2 N–H and O–H groups in total. The Hall–Kier alpha value is -1.44. The number of hydrogen-bond acceptors (Lipinski definition) is 7. The van der Waals surface area contributed by atoms with Crippen molar-refractivity contribution in [3.8, 4) is 0 Å². The summed E-state index contributed by atoms with van der Waals surface area (Å²) in [4.78, 5) is 23.3. The summed E-state index contributed by atoms with van der Waals surface area (Å²) in [5.41, 5.74) is -1.13. The molecule has 7 heteroatoms. The number of ether oxygens (including phenoxy) is 3. The number of aliphatic hydroxyl groups excluding tert-OH is 1. The molecule has 4 aliphatic carbocycles. The molecule has 6 aliphatic rings. The van der Waals surface area contributed by atoms with E-state index in [9.17, 15) is 19.8 Å². The first-order valence-corrected chi connectivity index (χ1v) is 12.3. The molecule has 0 unspecified atom stereocenters. The molecule has 4 saturated carbocycles. The van der Waals surface area contributed by atoms with Crippen molar-refractivity contribution in [3.63, 3.8) is 0 Å². The van der Waals surface area contributed by atoms with E-state index in [0.717, 1.165) is 31.3 Å². The van der Waals surface area contributed by atoms with Crippen LogP contribution in [0.25, 0.3) is 0 Å². The molecule has 32 heavy (non-hydrogen) atoms. The van der Waals surface area contributed by atoms with Crippen molar-refractivity contribution in [2.45, 2.75) is 95.2 Å². The highest BCUT2D eigenvalue weighted by Crippen LogP contribution is 2.76. The summed E-state index contributed by atoms with van der Waals surface area (Å²) in [6.07, 6.45) is 7.15. The molecule has 176 valence electrons. The fourth-order valence-corrected chi connectivity index (χ4v) is 9.50. The summed E-state index contributed by atoms with van der Waals surface area (Å²) in [6, 6.07) is 0. The van der Waals surface area contributed by atoms with Crippen LogP contribution in [0.3, 0.4) is 0 Å². The molecule has 2 aliphatic heterocycles. The summed E-state index contributed by atoms with van der Waals surface area (Å²) in [5, 5.41) is 23.3. The minimum Gasteiger partial charge on any atom is -0.462 e. The second-order valence-corrected chi connectivity index (χ2v) is 11.6. The maximum absolute atomic E-state index is 11.9. The first-order valence-electron chi connectivity index (χ1n) is 12.3. The SMILES string of the molecule is CC(=O)O[C@@H]1CC[C@@]23[C@@H](O)O[C@]4(CC[C@]2(O)C1)[C@@H]1CC[C@H](C2=CC(=O)OC2)[C@@]1(C)CC[C@@H]43. The van der Waals surface area contributed by atoms with Gasteiger partial charge in [0.05, 0.1) is 16.6 Å². The van der Waals surface area contributed by atoms with Gasteiger partial charge in [-0.25, -0.2) is 4.79 Å². The first-order chi connectivity index (χ1) is 15.1. The van der Waals surface area contributed by atoms with Crippen molar-refractivity contribution in [1.82, 2.24) is 0 Å². The van der Waals surface area contributed by atoms with Gasteiger partial charge in [0.15, 0.2) is 6.29 Å². The Morgan fingerprint density at radius 2 is 1.94 bits per heavy atom. The summed E-state index contributed by atoms with van der Waals surface area (Å²) >= 11 is 0. The average molecular weight is 447 g/mol. The fourth-order valence-electron chi connectivity index (χ4n) is 9.50. The van der Waals surface area contributed by atoms with Crippen molar-refractivity contribution in [3.05, 3.63) is 11.6 Å². The number of rotatable bonds is 2. The van der Waals surface area contributed by atoms with Crippen molar-refractivity contribution in [1.29, 1.82) is 0 Å². The van der Waals surface area contributed by atoms with E-state index in [1.165, 1.54) is 6.92 Å². The second-order valence-electron chi connectivity index (χ2n) is 11.6. The molecule has 0 aromatic heterocycles. The third-order valence-electron chi connectivity index (χ3n) is 10.6. The summed E-state index contributed by atoms with van der Waals surface area (Å²) in [6.45, 7) is 4.14. The zero-order valence-electron chi connectivity index (χ0n) is 19.0. The van der Waals surface area contributed by atoms with E-state index in [1.807, 2.05) is 0 Å². The van der Waals surface area contributed by atoms with Gasteiger partial charge in [-0.05, 0) is 74.2 Å². The monoisotopic (exact) mass is 446 g/mol. The number of carbonyl (C=O) groups excluding carboxylic acids is 2. The highest BCUT2D eigenvalue weighted by atomic mass is 16.6. The Morgan fingerprint density at radius 3 is 2.66 bits per heavy atom. The average Bonchev–Trinajstić information content (AvgIpc) is 3.34. The lowest BCUT2D eigenvalue weighted by molar-refractivity contribution is -0.234. The molecule has 5 fully saturated rings. The van der Waals surface area contributed by atoms with Gasteiger partial charge in [-0.3, -0.25) is 4.79 Å². The Labute approximate surface area is 188 Å². The molecule has 2 bridgehead atoms. The summed E-state index contributed by atoms with van der Waals surface area (Å²) in [5.74, 6) is 0.108. The quantitative estimate of drug-likeness (QED) is 0.629. The molecule has 9 atom stereocenters. The Bertz CT molecular complexity index is 899. The third kappa shape index (κ3) is 2.43. The van der Waals surface area contributed by atoms with Crippen LogP contribution in [-0.4, -0.2) is 52.4 Å². The zero-order valence-corrected chi connectivity index (χ0v) is 19.0. The van der Waals surface area contributed by atoms with Crippen molar-refractivity contribution >= 4 is 11.9 Å². The van der Waals surface area contributed by atoms with Gasteiger partial charge in [-0.15, -0.1) is 0 Å². The Morgan fingerprint density at radius 1 is 1.12 bits per heavy atom. The van der Waals surface area contributed by atoms with Crippen LogP contribution < -0.4 is 0 Å². The molecule has 0 aromatic carbocycles. The zero-order chi connectivity index (χ0) is 22.5. The van der Waals surface area contributed by atoms with Gasteiger partial charge in [0, 0.05) is 25.3 Å². The number of aliphatic hydroxyl groups is 2. The summed E-state index contributed by atoms with van der Waals surface area (Å²) in [7, 11) is 0. The standard InChI is InChI=1S/C25H34O7/c1-14(26)31-16-5-8-24-19-6-7-22(2)17(15-11-20(27)30-13-15)3-4-18(22)25(19,32-21(24)28)10-9-23(24,29)12-16/h11,16-19,21,28-29H,3-10,12-13H2,1-2H3/t16-,17-,18-,19-,21+,22-,23+,24-,25-/m1/s1. The van der Waals surface area contributed by atoms with Crippen LogP contribution in [0.1, 0.15) is 71.6 Å². The van der Waals surface area contributed by atoms with Gasteiger partial charge in [0.2, 0.25) is 0 Å². The maximum atomic E-state index is 11.9. The van der Waals surface area contributed by atoms with Crippen LogP contribution in [0.15, 0.2) is 11.6 Å². The van der Waals surface area contributed by atoms with Crippen molar-refractivity contribution < 1.29 is 34.0 Å². The number of carbonyl (C=O) groups is 2. The summed E-state index contributed by atoms with van der Waals surface area (Å²) < 4.78 is 17.3. The molecule has 0 amide bonds. The predicted molar refractivity (Wildman–Crippen MR) is 112 cm³/mol. The first kappa shape index (κ1) is 21.1. The number of esters is 2. The molecule has 1 saturated heterocycles. The van der Waals surface area contributed by atoms with Crippen LogP contribution in [0.2, 0.25) is 0 Å². The lowest BCUT2D eigenvalue weighted by Crippen LogP contribution is -2.67. The highest BCUT2D eigenvalue weighted by Gasteiger charge is 2.79. The van der Waals surface area contributed by atoms with E-state index in [1.54, 1.807) is 6.08 Å². The van der Waals surface area contributed by atoms with Crippen LogP contribution in [0.5, 0.6) is 0 Å². The minimum atomic E-state index is -1.09. The van der Waals surface area contributed by atoms with E-state index in [0.29, 0.717) is 44.6 Å². The van der Waals surface area contributed by atoms with Crippen molar-refractivity contribution in [2.24, 2.45) is 28.6 Å². The van der Waals surface area contributed by atoms with Crippen LogP contribution in [0.4, 0.5) is 0 Å². The molecule has 2 heterocycles. The number of cyclic esters (lactones) is 1. The van der Waals surface area contributed by atoms with Crippen LogP contribution in [-0.2, 0) is 23.8 Å². The van der Waals surface area contributed by atoms with Crippen molar-refractivity contribution in [2.75, 3.05) is 6.61 Å². The Balaban J connectivity index is 1.35.